The minimum atomic E-state index is -3.34. The number of sulfonamides is 1. The highest BCUT2D eigenvalue weighted by molar-refractivity contribution is 7.92. The molecule has 23 heavy (non-hydrogen) atoms. The number of aliphatic imine (C=N–C) groups is 2. The van der Waals surface area contributed by atoms with E-state index in [4.69, 9.17) is 0 Å². The Hall–Kier alpha value is -2.68. The Morgan fingerprint density at radius 2 is 1.74 bits per heavy atom. The Morgan fingerprint density at radius 3 is 2.35 bits per heavy atom. The second-order valence-electron chi connectivity index (χ2n) is 5.00. The summed E-state index contributed by atoms with van der Waals surface area (Å²) in [7, 11) is -3.34. The van der Waals surface area contributed by atoms with Crippen LogP contribution >= 0.6 is 0 Å². The van der Waals surface area contributed by atoms with E-state index >= 15 is 0 Å². The van der Waals surface area contributed by atoms with E-state index in [1.54, 1.807) is 24.3 Å². The largest absolute Gasteiger partial charge is 0.284 e. The van der Waals surface area contributed by atoms with Crippen molar-refractivity contribution in [1.29, 1.82) is 0 Å². The Labute approximate surface area is 132 Å². The fourth-order valence-electron chi connectivity index (χ4n) is 2.19. The van der Waals surface area contributed by atoms with Crippen molar-refractivity contribution in [2.75, 3.05) is 11.0 Å². The summed E-state index contributed by atoms with van der Waals surface area (Å²) in [5.74, 6) is 0.0938. The summed E-state index contributed by atoms with van der Waals surface area (Å²) in [5, 5.41) is 7.84. The van der Waals surface area contributed by atoms with Crippen molar-refractivity contribution in [3.63, 3.8) is 0 Å². The third-order valence-electron chi connectivity index (χ3n) is 3.19. The molecule has 0 bridgehead atoms. The van der Waals surface area contributed by atoms with Crippen LogP contribution in [-0.4, -0.2) is 32.3 Å². The normalized spacial score (nSPS) is 17.0. The van der Waals surface area contributed by atoms with Crippen molar-refractivity contribution in [2.24, 2.45) is 20.2 Å². The number of amidine groups is 2. The van der Waals surface area contributed by atoms with Crippen LogP contribution in [0.5, 0.6) is 0 Å². The number of nitrogens with one attached hydrogen (secondary N) is 1. The molecule has 0 aliphatic carbocycles. The van der Waals surface area contributed by atoms with Crippen LogP contribution < -0.4 is 4.72 Å². The van der Waals surface area contributed by atoms with E-state index in [0.29, 0.717) is 28.9 Å². The van der Waals surface area contributed by atoms with E-state index in [2.05, 4.69) is 24.9 Å². The maximum Gasteiger partial charge on any atom is 0.284 e. The second kappa shape index (κ2) is 5.51. The Balaban J connectivity index is 1.91. The number of nitrogens with zero attached hydrogens (tertiary/aromatic N) is 4. The van der Waals surface area contributed by atoms with Gasteiger partial charge in [-0.05, 0) is 30.7 Å². The molecule has 1 aromatic rings. The molecule has 0 atom stereocenters. The van der Waals surface area contributed by atoms with Gasteiger partial charge in [0.05, 0.1) is 12.0 Å². The van der Waals surface area contributed by atoms with Gasteiger partial charge in [-0.15, -0.1) is 5.11 Å². The summed E-state index contributed by atoms with van der Waals surface area (Å²) in [4.78, 5) is 20.4. The standard InChI is InChI=1S/C14H13N5O3S/c1-3-10-11-13(18-17-10)15-12(16-14(11)20)8-4-6-9(7-5-8)19-23(2,21)22/h4-7,19H,3H2,1-2H3. The average Bonchev–Trinajstić information content (AvgIpc) is 2.90. The van der Waals surface area contributed by atoms with Crippen LogP contribution in [0.15, 0.2) is 55.7 Å². The summed E-state index contributed by atoms with van der Waals surface area (Å²) in [6, 6.07) is 6.40. The molecule has 8 nitrogen and oxygen atoms in total. The van der Waals surface area contributed by atoms with Crippen LogP contribution in [0.4, 0.5) is 5.69 Å². The van der Waals surface area contributed by atoms with Gasteiger partial charge >= 0.3 is 0 Å². The summed E-state index contributed by atoms with van der Waals surface area (Å²) >= 11 is 0. The number of carbonyl (C=O) groups is 1. The average molecular weight is 331 g/mol. The zero-order valence-electron chi connectivity index (χ0n) is 12.4. The lowest BCUT2D eigenvalue weighted by Crippen LogP contribution is -2.18. The number of benzene rings is 1. The number of allylic oxidation sites excluding steroid dienone is 1. The van der Waals surface area contributed by atoms with Crippen molar-refractivity contribution in [3.8, 4) is 0 Å². The lowest BCUT2D eigenvalue weighted by atomic mass is 10.1. The minimum absolute atomic E-state index is 0.232. The van der Waals surface area contributed by atoms with Gasteiger partial charge < -0.3 is 0 Å². The maximum atomic E-state index is 12.1. The first-order valence-electron chi connectivity index (χ1n) is 6.82. The predicted octanol–water partition coefficient (Wildman–Crippen LogP) is 1.87. The number of anilines is 1. The summed E-state index contributed by atoms with van der Waals surface area (Å²) in [6.45, 7) is 1.88. The third kappa shape index (κ3) is 3.09. The van der Waals surface area contributed by atoms with Crippen molar-refractivity contribution >= 4 is 33.3 Å². The van der Waals surface area contributed by atoms with E-state index in [1.165, 1.54) is 0 Å². The van der Waals surface area contributed by atoms with E-state index in [0.717, 1.165) is 6.26 Å². The van der Waals surface area contributed by atoms with Gasteiger partial charge in [0.15, 0.2) is 11.7 Å². The van der Waals surface area contributed by atoms with Gasteiger partial charge in [0.1, 0.15) is 5.57 Å². The minimum Gasteiger partial charge on any atom is -0.284 e. The first-order valence-corrected chi connectivity index (χ1v) is 8.71. The molecule has 2 aliphatic heterocycles. The van der Waals surface area contributed by atoms with Gasteiger partial charge in [0.2, 0.25) is 10.0 Å². The highest BCUT2D eigenvalue weighted by atomic mass is 32.2. The van der Waals surface area contributed by atoms with E-state index in [9.17, 15) is 13.2 Å². The summed E-state index contributed by atoms with van der Waals surface area (Å²) in [5.41, 5.74) is 1.95. The molecule has 0 spiro atoms. The van der Waals surface area contributed by atoms with E-state index in [-0.39, 0.29) is 11.7 Å². The van der Waals surface area contributed by atoms with Crippen molar-refractivity contribution in [1.82, 2.24) is 0 Å². The molecule has 0 aromatic heterocycles. The first-order chi connectivity index (χ1) is 10.9. The van der Waals surface area contributed by atoms with E-state index < -0.39 is 15.9 Å². The van der Waals surface area contributed by atoms with Gasteiger partial charge in [-0.2, -0.15) is 10.1 Å². The zero-order chi connectivity index (χ0) is 16.6. The lowest BCUT2D eigenvalue weighted by Gasteiger charge is -2.09. The number of rotatable bonds is 4. The number of fused-ring (bicyclic) bond motifs is 1. The van der Waals surface area contributed by atoms with Crippen LogP contribution in [-0.2, 0) is 14.8 Å². The number of hydrogen-bond donors (Lipinski definition) is 1. The van der Waals surface area contributed by atoms with Crippen LogP contribution in [0.3, 0.4) is 0 Å². The number of hydrogen-bond acceptors (Lipinski definition) is 6. The molecular weight excluding hydrogens is 318 g/mol. The summed E-state index contributed by atoms with van der Waals surface area (Å²) in [6.07, 6.45) is 1.65. The van der Waals surface area contributed by atoms with Gasteiger partial charge in [0.25, 0.3) is 5.91 Å². The van der Waals surface area contributed by atoms with Crippen LogP contribution in [0.2, 0.25) is 0 Å². The van der Waals surface area contributed by atoms with Gasteiger partial charge in [-0.1, -0.05) is 6.92 Å². The number of amides is 1. The van der Waals surface area contributed by atoms with Crippen molar-refractivity contribution in [3.05, 3.63) is 41.1 Å². The third-order valence-corrected chi connectivity index (χ3v) is 3.80. The molecule has 0 unspecified atom stereocenters. The van der Waals surface area contributed by atoms with Crippen molar-refractivity contribution in [2.45, 2.75) is 13.3 Å². The molecule has 2 heterocycles. The van der Waals surface area contributed by atoms with Crippen LogP contribution in [0, 0.1) is 0 Å². The fraction of sp³-hybridized carbons (Fsp3) is 0.214. The van der Waals surface area contributed by atoms with Crippen LogP contribution in [0.1, 0.15) is 18.9 Å². The molecule has 1 amide bonds. The molecule has 0 saturated carbocycles. The maximum absolute atomic E-state index is 12.1. The Kier molecular flexibility index (Phi) is 3.64. The fourth-order valence-corrected chi connectivity index (χ4v) is 2.75. The molecule has 3 rings (SSSR count). The van der Waals surface area contributed by atoms with Gasteiger partial charge in [-0.25, -0.2) is 13.4 Å². The van der Waals surface area contributed by atoms with Gasteiger partial charge in [-0.3, -0.25) is 9.52 Å². The van der Waals surface area contributed by atoms with Gasteiger partial charge in [0, 0.05) is 11.3 Å². The topological polar surface area (TPSA) is 113 Å². The van der Waals surface area contributed by atoms with Crippen molar-refractivity contribution < 1.29 is 13.2 Å². The molecule has 2 aliphatic rings. The molecule has 118 valence electrons. The molecular formula is C14H13N5O3S. The Bertz CT molecular complexity index is 908. The highest BCUT2D eigenvalue weighted by Gasteiger charge is 2.29. The van der Waals surface area contributed by atoms with E-state index in [1.807, 2.05) is 6.92 Å². The molecule has 0 radical (unpaired) electrons. The SMILES string of the molecule is CCC1=C2C(=O)N=C(c3ccc(NS(C)(=O)=O)cc3)N=C2N=N1. The zero-order valence-corrected chi connectivity index (χ0v) is 13.3. The number of azo groups is 1. The number of carbonyl (C=O) groups excluding carboxylic acids is 1. The summed E-state index contributed by atoms with van der Waals surface area (Å²) < 4.78 is 24.7. The molecule has 1 N–H and O–H groups in total. The Morgan fingerprint density at radius 1 is 1.04 bits per heavy atom. The molecule has 1 aromatic carbocycles. The quantitative estimate of drug-likeness (QED) is 0.908. The lowest BCUT2D eigenvalue weighted by molar-refractivity contribution is -0.114. The smallest absolute Gasteiger partial charge is 0.284 e. The molecule has 0 saturated heterocycles. The predicted molar refractivity (Wildman–Crippen MR) is 86.1 cm³/mol. The highest BCUT2D eigenvalue weighted by Crippen LogP contribution is 2.25. The molecule has 9 heteroatoms. The molecule has 0 fully saturated rings. The monoisotopic (exact) mass is 331 g/mol. The second-order valence-corrected chi connectivity index (χ2v) is 6.75. The first kappa shape index (κ1) is 15.2. The van der Waals surface area contributed by atoms with Crippen LogP contribution in [0.25, 0.3) is 0 Å².